The van der Waals surface area contributed by atoms with Crippen LogP contribution < -0.4 is 10.6 Å². The van der Waals surface area contributed by atoms with Crippen molar-refractivity contribution < 1.29 is 22.6 Å². The molecule has 2 N–H and O–H groups in total. The molecule has 0 spiro atoms. The molecular weight excluding hydrogens is 414 g/mol. The zero-order valence-corrected chi connectivity index (χ0v) is 15.1. The van der Waals surface area contributed by atoms with Crippen molar-refractivity contribution in [3.8, 4) is 0 Å². The maximum absolute atomic E-state index is 11.9. The first-order valence-corrected chi connectivity index (χ1v) is 7.29. The SMILES string of the molecule is CCNC(=NCC1CCCO1)NCCCOCC(F)(F)F.I. The molecule has 22 heavy (non-hydrogen) atoms. The van der Waals surface area contributed by atoms with E-state index in [1.165, 1.54) is 0 Å². The summed E-state index contributed by atoms with van der Waals surface area (Å²) in [4.78, 5) is 4.40. The minimum Gasteiger partial charge on any atom is -0.376 e. The standard InChI is InChI=1S/C13H24F3N3O2.HI/c1-2-17-12(19-9-11-5-3-8-21-11)18-6-4-7-20-10-13(14,15)16;/h11H,2-10H2,1H3,(H2,17,18,19);1H. The van der Waals surface area contributed by atoms with Crippen molar-refractivity contribution in [1.82, 2.24) is 10.6 Å². The lowest BCUT2D eigenvalue weighted by molar-refractivity contribution is -0.173. The molecule has 5 nitrogen and oxygen atoms in total. The second-order valence-corrected chi connectivity index (χ2v) is 4.80. The fourth-order valence-electron chi connectivity index (χ4n) is 1.89. The summed E-state index contributed by atoms with van der Waals surface area (Å²) in [5.41, 5.74) is 0. The molecule has 0 aromatic carbocycles. The number of halogens is 4. The van der Waals surface area contributed by atoms with Crippen molar-refractivity contribution in [2.24, 2.45) is 4.99 Å². The molecule has 0 amide bonds. The number of nitrogens with one attached hydrogen (secondary N) is 2. The topological polar surface area (TPSA) is 54.9 Å². The van der Waals surface area contributed by atoms with Gasteiger partial charge in [0.05, 0.1) is 12.6 Å². The molecule has 0 aromatic heterocycles. The zero-order valence-electron chi connectivity index (χ0n) is 12.7. The highest BCUT2D eigenvalue weighted by Crippen LogP contribution is 2.14. The highest BCUT2D eigenvalue weighted by Gasteiger charge is 2.27. The van der Waals surface area contributed by atoms with Crippen LogP contribution in [0.3, 0.4) is 0 Å². The van der Waals surface area contributed by atoms with Crippen molar-refractivity contribution in [3.63, 3.8) is 0 Å². The lowest BCUT2D eigenvalue weighted by atomic mass is 10.2. The lowest BCUT2D eigenvalue weighted by Gasteiger charge is -2.13. The molecule has 0 aromatic rings. The van der Waals surface area contributed by atoms with Crippen LogP contribution in [0.25, 0.3) is 0 Å². The van der Waals surface area contributed by atoms with Gasteiger partial charge in [0.1, 0.15) is 6.61 Å². The van der Waals surface area contributed by atoms with Gasteiger partial charge in [0.25, 0.3) is 0 Å². The van der Waals surface area contributed by atoms with E-state index in [-0.39, 0.29) is 36.7 Å². The smallest absolute Gasteiger partial charge is 0.376 e. The van der Waals surface area contributed by atoms with E-state index in [1.54, 1.807) is 0 Å². The van der Waals surface area contributed by atoms with Gasteiger partial charge in [-0.25, -0.2) is 0 Å². The minimum absolute atomic E-state index is 0. The van der Waals surface area contributed by atoms with Gasteiger partial charge in [0.2, 0.25) is 0 Å². The summed E-state index contributed by atoms with van der Waals surface area (Å²) in [5.74, 6) is 0.656. The van der Waals surface area contributed by atoms with E-state index in [1.807, 2.05) is 6.92 Å². The van der Waals surface area contributed by atoms with Crippen LogP contribution in [0.15, 0.2) is 4.99 Å². The highest BCUT2D eigenvalue weighted by atomic mass is 127. The van der Waals surface area contributed by atoms with Gasteiger partial charge in [-0.05, 0) is 26.2 Å². The summed E-state index contributed by atoms with van der Waals surface area (Å²) in [6.45, 7) is 3.45. The third-order valence-corrected chi connectivity index (χ3v) is 2.84. The maximum Gasteiger partial charge on any atom is 0.411 e. The number of guanidine groups is 1. The lowest BCUT2D eigenvalue weighted by Crippen LogP contribution is -2.38. The fourth-order valence-corrected chi connectivity index (χ4v) is 1.89. The van der Waals surface area contributed by atoms with Crippen LogP contribution in [0, 0.1) is 0 Å². The van der Waals surface area contributed by atoms with Gasteiger partial charge in [0.15, 0.2) is 5.96 Å². The normalized spacial score (nSPS) is 18.9. The number of aliphatic imine (C=N–C) groups is 1. The first kappa shape index (κ1) is 21.7. The van der Waals surface area contributed by atoms with E-state index in [0.29, 0.717) is 25.5 Å². The zero-order chi connectivity index (χ0) is 15.6. The van der Waals surface area contributed by atoms with Gasteiger partial charge in [-0.15, -0.1) is 24.0 Å². The largest absolute Gasteiger partial charge is 0.411 e. The minimum atomic E-state index is -4.26. The molecule has 1 aliphatic rings. The molecule has 0 saturated carbocycles. The van der Waals surface area contributed by atoms with Crippen molar-refractivity contribution in [2.75, 3.05) is 39.5 Å². The van der Waals surface area contributed by atoms with Gasteiger partial charge in [-0.1, -0.05) is 0 Å². The summed E-state index contributed by atoms with van der Waals surface area (Å²) in [6.07, 6.45) is -1.50. The fraction of sp³-hybridized carbons (Fsp3) is 0.923. The number of nitrogens with zero attached hydrogens (tertiary/aromatic N) is 1. The number of alkyl halides is 3. The summed E-state index contributed by atoms with van der Waals surface area (Å²) in [6, 6.07) is 0. The molecule has 1 saturated heterocycles. The van der Waals surface area contributed by atoms with Gasteiger partial charge in [-0.3, -0.25) is 4.99 Å². The van der Waals surface area contributed by atoms with Crippen molar-refractivity contribution in [1.29, 1.82) is 0 Å². The molecule has 1 atom stereocenters. The maximum atomic E-state index is 11.9. The predicted molar refractivity (Wildman–Crippen MR) is 89.9 cm³/mol. The van der Waals surface area contributed by atoms with E-state index in [4.69, 9.17) is 4.74 Å². The van der Waals surface area contributed by atoms with Crippen LogP contribution in [0.4, 0.5) is 13.2 Å². The molecular formula is C13H25F3IN3O2. The summed E-state index contributed by atoms with van der Waals surface area (Å²) >= 11 is 0. The van der Waals surface area contributed by atoms with E-state index in [0.717, 1.165) is 26.0 Å². The molecule has 1 rings (SSSR count). The first-order chi connectivity index (χ1) is 10.0. The molecule has 0 bridgehead atoms. The van der Waals surface area contributed by atoms with E-state index < -0.39 is 12.8 Å². The summed E-state index contributed by atoms with van der Waals surface area (Å²) < 4.78 is 45.6. The Labute approximate surface area is 146 Å². The Balaban J connectivity index is 0.00000441. The van der Waals surface area contributed by atoms with E-state index >= 15 is 0 Å². The Hall–Kier alpha value is -0.290. The Morgan fingerprint density at radius 3 is 2.73 bits per heavy atom. The molecule has 9 heteroatoms. The van der Waals surface area contributed by atoms with Crippen molar-refractivity contribution in [3.05, 3.63) is 0 Å². The van der Waals surface area contributed by atoms with E-state index in [2.05, 4.69) is 20.4 Å². The van der Waals surface area contributed by atoms with Crippen molar-refractivity contribution >= 4 is 29.9 Å². The monoisotopic (exact) mass is 439 g/mol. The van der Waals surface area contributed by atoms with Crippen LogP contribution in [0.1, 0.15) is 26.2 Å². The molecule has 132 valence electrons. The first-order valence-electron chi connectivity index (χ1n) is 7.29. The Bertz CT molecular complexity index is 311. The molecule has 1 heterocycles. The van der Waals surface area contributed by atoms with Crippen LogP contribution in [-0.4, -0.2) is 57.7 Å². The van der Waals surface area contributed by atoms with E-state index in [9.17, 15) is 13.2 Å². The average molecular weight is 439 g/mol. The molecule has 1 unspecified atom stereocenters. The number of rotatable bonds is 8. The van der Waals surface area contributed by atoms with Crippen LogP contribution in [0.2, 0.25) is 0 Å². The Morgan fingerprint density at radius 2 is 2.14 bits per heavy atom. The van der Waals surface area contributed by atoms with Crippen LogP contribution in [-0.2, 0) is 9.47 Å². The highest BCUT2D eigenvalue weighted by molar-refractivity contribution is 14.0. The third-order valence-electron chi connectivity index (χ3n) is 2.84. The molecule has 0 radical (unpaired) electrons. The van der Waals surface area contributed by atoms with Crippen LogP contribution in [0.5, 0.6) is 0 Å². The Kier molecular flexibility index (Phi) is 12.0. The van der Waals surface area contributed by atoms with Gasteiger partial charge in [0, 0.05) is 26.3 Å². The van der Waals surface area contributed by atoms with Gasteiger partial charge in [-0.2, -0.15) is 13.2 Å². The summed E-state index contributed by atoms with van der Waals surface area (Å²) in [5, 5.41) is 6.15. The molecule has 1 fully saturated rings. The predicted octanol–water partition coefficient (Wildman–Crippen LogP) is 2.31. The van der Waals surface area contributed by atoms with Crippen LogP contribution >= 0.6 is 24.0 Å². The second-order valence-electron chi connectivity index (χ2n) is 4.80. The van der Waals surface area contributed by atoms with Crippen molar-refractivity contribution in [2.45, 2.75) is 38.5 Å². The molecule has 1 aliphatic heterocycles. The molecule has 0 aliphatic carbocycles. The Morgan fingerprint density at radius 1 is 1.36 bits per heavy atom. The average Bonchev–Trinajstić information content (AvgIpc) is 2.91. The number of ether oxygens (including phenoxy) is 2. The number of hydrogen-bond acceptors (Lipinski definition) is 3. The van der Waals surface area contributed by atoms with Gasteiger partial charge < -0.3 is 20.1 Å². The number of hydrogen-bond donors (Lipinski definition) is 2. The quantitative estimate of drug-likeness (QED) is 0.264. The second kappa shape index (κ2) is 12.2. The summed E-state index contributed by atoms with van der Waals surface area (Å²) in [7, 11) is 0. The third kappa shape index (κ3) is 11.3. The van der Waals surface area contributed by atoms with Gasteiger partial charge >= 0.3 is 6.18 Å².